The van der Waals surface area contributed by atoms with Gasteiger partial charge < -0.3 is 75.7 Å². The average Bonchev–Trinajstić information content (AvgIpc) is 1.45. The van der Waals surface area contributed by atoms with E-state index in [0.717, 1.165) is 4.90 Å². The lowest BCUT2D eigenvalue weighted by atomic mass is 9.89. The number of aliphatic hydroxyl groups excluding tert-OH is 1. The summed E-state index contributed by atoms with van der Waals surface area (Å²) in [4.78, 5) is 177. The zero-order valence-electron chi connectivity index (χ0n) is 64.3. The molecule has 5 aliphatic heterocycles. The van der Waals surface area contributed by atoms with E-state index < -0.39 is 139 Å². The highest BCUT2D eigenvalue weighted by Gasteiger charge is 2.44. The number of ether oxygens (including phenoxy) is 3. The second-order valence-electron chi connectivity index (χ2n) is 28.9. The fourth-order valence-corrected chi connectivity index (χ4v) is 14.2. The molecule has 5 aliphatic rings. The fourth-order valence-electron chi connectivity index (χ4n) is 14.2. The van der Waals surface area contributed by atoms with Gasteiger partial charge in [-0.3, -0.25) is 72.2 Å². The number of amides is 12. The van der Waals surface area contributed by atoms with Crippen LogP contribution in [-0.2, 0) is 78.2 Å². The number of rotatable bonds is 36. The third-order valence-electron chi connectivity index (χ3n) is 20.8. The Labute approximate surface area is 625 Å². The first kappa shape index (κ1) is 86.7. The van der Waals surface area contributed by atoms with E-state index in [-0.39, 0.29) is 61.8 Å². The van der Waals surface area contributed by atoms with E-state index in [2.05, 4.69) is 46.6 Å². The second kappa shape index (κ2) is 43.5. The van der Waals surface area contributed by atoms with Crippen LogP contribution >= 0.6 is 0 Å². The normalized spacial score (nSPS) is 20.3. The third kappa shape index (κ3) is 26.0. The smallest absolute Gasteiger partial charge is 0.253 e. The quantitative estimate of drug-likeness (QED) is 0.0452. The van der Waals surface area contributed by atoms with E-state index >= 15 is 0 Å². The number of hydrogen-bond donors (Lipinski definition) is 7. The Morgan fingerprint density at radius 1 is 0.613 bits per heavy atom. The van der Waals surface area contributed by atoms with Gasteiger partial charge in [0.15, 0.2) is 0 Å². The van der Waals surface area contributed by atoms with Crippen LogP contribution in [0.3, 0.4) is 0 Å². The number of benzene rings is 2. The van der Waals surface area contributed by atoms with E-state index in [4.69, 9.17) is 14.2 Å². The van der Waals surface area contributed by atoms with Crippen molar-refractivity contribution in [3.05, 3.63) is 83.9 Å². The first-order valence-corrected chi connectivity index (χ1v) is 37.5. The van der Waals surface area contributed by atoms with Gasteiger partial charge in [-0.15, -0.1) is 0 Å². The van der Waals surface area contributed by atoms with Crippen molar-refractivity contribution in [3.63, 3.8) is 0 Å². The lowest BCUT2D eigenvalue weighted by molar-refractivity contribution is -0.148. The van der Waals surface area contributed by atoms with Gasteiger partial charge in [0, 0.05) is 145 Å². The molecule has 12 amide bonds. The number of likely N-dealkylation sites (tertiary alicyclic amines) is 1. The van der Waals surface area contributed by atoms with Gasteiger partial charge in [-0.05, 0) is 48.6 Å². The van der Waals surface area contributed by atoms with E-state index in [1.165, 1.54) is 43.2 Å². The predicted molar refractivity (Wildman–Crippen MR) is 396 cm³/mol. The topological polar surface area (TPSA) is 351 Å². The van der Waals surface area contributed by atoms with Crippen LogP contribution in [0.5, 0.6) is 0 Å². The highest BCUT2D eigenvalue weighted by molar-refractivity contribution is 6.13. The van der Waals surface area contributed by atoms with Gasteiger partial charge in [0.2, 0.25) is 59.1 Å². The molecule has 0 saturated carbocycles. The van der Waals surface area contributed by atoms with Crippen molar-refractivity contribution in [3.8, 4) is 0 Å². The van der Waals surface area contributed by atoms with Crippen LogP contribution in [0.4, 0.5) is 0 Å². The van der Waals surface area contributed by atoms with Crippen molar-refractivity contribution in [1.29, 1.82) is 0 Å². The van der Waals surface area contributed by atoms with Crippen LogP contribution in [0, 0.1) is 23.7 Å². The number of carbonyl (C=O) groups is 12. The van der Waals surface area contributed by atoms with E-state index in [1.807, 2.05) is 32.0 Å². The molecule has 2 unspecified atom stereocenters. The Morgan fingerprint density at radius 2 is 1.21 bits per heavy atom. The standard InChI is InChI=1S/C76H118N14O16/c1-13-52(6)70(59(104-11)46-66(97)89-30-20-25-58(89)72(105-12)53(7)73(100)80-54(8)71(99)56-23-18-15-19-24-56)84(10)76(103)68(50(2)3)82-75(102)69(51(4)5)83(9)67(98)49-79-74(101)57(45-55-21-16-14-17-22-55)81-62(93)48-78-61(92)47-77-60(91)28-31-85-33-35-86-37-39-88(40-38-87(36-34-85)42-44-106-43-41-86)63(94)29-32-90-64(95)26-27-65(90)96/h14-19,21-24,26-27,50-54,57-59,68-72,99H,13,20,25,28-49H2,1-12H3,(H,77,91)(H,78,92)(H,79,101)(H,80,100)(H,81,93)(H,82,102)/t52-,53+,54+,57-,58+,59+,68-,69-,70-,71+,72+/m0/s1. The highest BCUT2D eigenvalue weighted by atomic mass is 16.5. The maximum absolute atomic E-state index is 14.9. The van der Waals surface area contributed by atoms with E-state index in [0.29, 0.717) is 122 Å². The molecule has 7 rings (SSSR count). The Bertz CT molecular complexity index is 3240. The van der Waals surface area contributed by atoms with Gasteiger partial charge in [-0.2, -0.15) is 0 Å². The Morgan fingerprint density at radius 3 is 1.79 bits per heavy atom. The van der Waals surface area contributed by atoms with E-state index in [1.54, 1.807) is 101 Å². The molecule has 30 heteroatoms. The van der Waals surface area contributed by atoms with Crippen LogP contribution in [-0.4, -0.2) is 310 Å². The number of nitrogens with zero attached hydrogens (tertiary/aromatic N) is 8. The molecule has 106 heavy (non-hydrogen) atoms. The maximum atomic E-state index is 14.9. The summed E-state index contributed by atoms with van der Waals surface area (Å²) in [5, 5.41) is 27.3. The maximum Gasteiger partial charge on any atom is 0.253 e. The summed E-state index contributed by atoms with van der Waals surface area (Å²) in [5.74, 6) is -7.58. The van der Waals surface area contributed by atoms with Crippen molar-refractivity contribution in [2.24, 2.45) is 23.7 Å². The lowest BCUT2D eigenvalue weighted by Gasteiger charge is -2.41. The summed E-state index contributed by atoms with van der Waals surface area (Å²) in [6.45, 7) is 20.6. The minimum absolute atomic E-state index is 0.00787. The van der Waals surface area contributed by atoms with Crippen LogP contribution in [0.25, 0.3) is 0 Å². The molecular formula is C76H118N14O16. The molecule has 0 aliphatic carbocycles. The molecule has 4 fully saturated rings. The van der Waals surface area contributed by atoms with Gasteiger partial charge in [-0.25, -0.2) is 0 Å². The molecule has 4 saturated heterocycles. The summed E-state index contributed by atoms with van der Waals surface area (Å²) in [6.07, 6.45) is 1.87. The molecule has 7 N–H and O–H groups in total. The summed E-state index contributed by atoms with van der Waals surface area (Å²) < 4.78 is 18.0. The molecule has 2 bridgehead atoms. The van der Waals surface area contributed by atoms with Crippen molar-refractivity contribution < 1.29 is 76.9 Å². The number of nitrogens with one attached hydrogen (secondary N) is 6. The molecule has 30 nitrogen and oxygen atoms in total. The average molecular weight is 1480 g/mol. The van der Waals surface area contributed by atoms with Gasteiger partial charge in [0.25, 0.3) is 11.8 Å². The number of methoxy groups -OCH3 is 2. The number of fused-ring (bicyclic) bond motifs is 12. The van der Waals surface area contributed by atoms with Crippen molar-refractivity contribution in [2.75, 3.05) is 146 Å². The summed E-state index contributed by atoms with van der Waals surface area (Å²) >= 11 is 0. The van der Waals surface area contributed by atoms with Gasteiger partial charge in [0.1, 0.15) is 18.1 Å². The molecular weight excluding hydrogens is 1360 g/mol. The molecule has 0 radical (unpaired) electrons. The first-order chi connectivity index (χ1) is 50.6. The lowest BCUT2D eigenvalue weighted by Crippen LogP contribution is -2.61. The zero-order chi connectivity index (χ0) is 77.7. The molecule has 2 aromatic rings. The summed E-state index contributed by atoms with van der Waals surface area (Å²) in [7, 11) is 6.05. The van der Waals surface area contributed by atoms with Gasteiger partial charge in [0.05, 0.1) is 81.6 Å². The van der Waals surface area contributed by atoms with Gasteiger partial charge in [-0.1, -0.05) is 116 Å². The molecule has 0 aromatic heterocycles. The SMILES string of the molecule is CC[C@H](C)[C@@H]([C@@H](CC(=O)N1CCC[C@@H]1[C@H](OC)[C@@H](C)C(=O)N[C@H](C)[C@@H](O)c1ccccc1)OC)N(C)C(=O)[C@@H](NC(=O)[C@H](C(C)C)N(C)C(=O)CNC(=O)[C@H](Cc1ccccc1)NC(=O)CNC(=O)CNC(=O)CCN1CCN2CCOCCN(CC1)CCN(C(=O)CCN1C(=O)C=CC1=O)CC2)C(C)C. The Kier molecular flexibility index (Phi) is 35.6. The number of aliphatic hydroxyl groups is 1. The number of carbonyl (C=O) groups excluding carboxylic acids is 12. The zero-order valence-corrected chi connectivity index (χ0v) is 64.3. The van der Waals surface area contributed by atoms with Crippen LogP contribution in [0.2, 0.25) is 0 Å². The number of hydrogen-bond acceptors (Lipinski definition) is 19. The number of imide groups is 1. The minimum atomic E-state index is -1.22. The third-order valence-corrected chi connectivity index (χ3v) is 20.8. The molecule has 5 heterocycles. The van der Waals surface area contributed by atoms with Crippen molar-refractivity contribution in [2.45, 2.75) is 155 Å². The minimum Gasteiger partial charge on any atom is -0.386 e. The highest BCUT2D eigenvalue weighted by Crippen LogP contribution is 2.31. The van der Waals surface area contributed by atoms with Gasteiger partial charge >= 0.3 is 0 Å². The fraction of sp³-hybridized carbons (Fsp3) is 0.658. The molecule has 2 aromatic carbocycles. The van der Waals surface area contributed by atoms with Crippen LogP contribution in [0.1, 0.15) is 111 Å². The molecule has 0 spiro atoms. The number of likely N-dealkylation sites (N-methyl/N-ethyl adjacent to an activating group) is 2. The molecule has 13 atom stereocenters. The largest absolute Gasteiger partial charge is 0.386 e. The summed E-state index contributed by atoms with van der Waals surface area (Å²) in [6, 6.07) is 12.7. The summed E-state index contributed by atoms with van der Waals surface area (Å²) in [5.41, 5.74) is 1.34. The Balaban J connectivity index is 0.990. The second-order valence-corrected chi connectivity index (χ2v) is 28.9. The van der Waals surface area contributed by atoms with E-state index in [9.17, 15) is 62.6 Å². The van der Waals surface area contributed by atoms with Crippen LogP contribution in [0.15, 0.2) is 72.8 Å². The Hall–Kier alpha value is -8.26. The monoisotopic (exact) mass is 1480 g/mol. The van der Waals surface area contributed by atoms with Crippen LogP contribution < -0.4 is 31.9 Å². The first-order valence-electron chi connectivity index (χ1n) is 37.5. The predicted octanol–water partition coefficient (Wildman–Crippen LogP) is 0.328. The van der Waals surface area contributed by atoms with Crippen molar-refractivity contribution in [1.82, 2.24) is 71.1 Å². The van der Waals surface area contributed by atoms with Crippen molar-refractivity contribution >= 4 is 70.9 Å². The molecule has 588 valence electrons.